The summed E-state index contributed by atoms with van der Waals surface area (Å²) in [5.41, 5.74) is 1.23. The second kappa shape index (κ2) is 11.2. The monoisotopic (exact) mass is 553 g/mol. The molecule has 2 heterocycles. The number of nitro benzene ring substituents is 1. The van der Waals surface area contributed by atoms with Crippen LogP contribution in [0.4, 0.5) is 11.4 Å². The molecule has 0 amide bonds. The highest BCUT2D eigenvalue weighted by Gasteiger charge is 2.39. The van der Waals surface area contributed by atoms with Crippen LogP contribution in [-0.4, -0.2) is 63.5 Å². The van der Waals surface area contributed by atoms with E-state index in [-0.39, 0.29) is 33.9 Å². The molecule has 2 aliphatic rings. The van der Waals surface area contributed by atoms with Crippen molar-refractivity contribution in [3.05, 3.63) is 80.8 Å². The lowest BCUT2D eigenvalue weighted by atomic mass is 10.2. The summed E-state index contributed by atoms with van der Waals surface area (Å²) in [6.07, 6.45) is 3.79. The summed E-state index contributed by atoms with van der Waals surface area (Å²) in [5.74, 6) is 0.419. The van der Waals surface area contributed by atoms with Crippen molar-refractivity contribution in [1.29, 1.82) is 0 Å². The number of methoxy groups -OCH3 is 1. The minimum Gasteiger partial charge on any atom is -0.598 e. The van der Waals surface area contributed by atoms with E-state index in [1.807, 2.05) is 35.2 Å². The van der Waals surface area contributed by atoms with E-state index in [1.165, 1.54) is 17.9 Å². The van der Waals surface area contributed by atoms with Gasteiger partial charge in [-0.2, -0.15) is 9.78 Å². The molecule has 12 heteroatoms. The van der Waals surface area contributed by atoms with Gasteiger partial charge in [-0.05, 0) is 37.1 Å². The topological polar surface area (TPSA) is 126 Å². The fourth-order valence-corrected chi connectivity index (χ4v) is 5.81. The SMILES string of the molecule is COc1cccc(C[S+]([O-])N2CCN(c3cnn(-c4ccccc4)c(=O)c3OCC3(C)CC3)CC2)c1[N+](=O)[O-]. The largest absolute Gasteiger partial charge is 0.598 e. The number of hydrogen-bond donors (Lipinski definition) is 0. The van der Waals surface area contributed by atoms with Gasteiger partial charge in [0.2, 0.25) is 5.75 Å². The first-order chi connectivity index (χ1) is 18.8. The molecular formula is C27H31N5O6S. The first-order valence-electron chi connectivity index (χ1n) is 12.8. The number of benzene rings is 2. The minimum atomic E-state index is -1.48. The van der Waals surface area contributed by atoms with E-state index in [2.05, 4.69) is 12.0 Å². The summed E-state index contributed by atoms with van der Waals surface area (Å²) in [6.45, 7) is 4.49. The van der Waals surface area contributed by atoms with Crippen molar-refractivity contribution >= 4 is 22.7 Å². The van der Waals surface area contributed by atoms with Gasteiger partial charge >= 0.3 is 11.2 Å². The summed E-state index contributed by atoms with van der Waals surface area (Å²) >= 11 is -1.48. The summed E-state index contributed by atoms with van der Waals surface area (Å²) in [5, 5.41) is 16.0. The van der Waals surface area contributed by atoms with Crippen LogP contribution in [0, 0.1) is 15.5 Å². The Morgan fingerprint density at radius 3 is 2.44 bits per heavy atom. The molecule has 0 bridgehead atoms. The molecule has 206 valence electrons. The average molecular weight is 554 g/mol. The average Bonchev–Trinajstić information content (AvgIpc) is 3.69. The number of rotatable bonds is 10. The highest BCUT2D eigenvalue weighted by molar-refractivity contribution is 7.88. The third kappa shape index (κ3) is 5.87. The molecule has 1 atom stereocenters. The Morgan fingerprint density at radius 1 is 1.08 bits per heavy atom. The van der Waals surface area contributed by atoms with Gasteiger partial charge in [0.1, 0.15) is 5.69 Å². The maximum absolute atomic E-state index is 13.5. The number of anilines is 1. The smallest absolute Gasteiger partial charge is 0.318 e. The second-order valence-electron chi connectivity index (χ2n) is 10.1. The zero-order valence-electron chi connectivity index (χ0n) is 21.9. The molecule has 11 nitrogen and oxygen atoms in total. The molecule has 1 unspecified atom stereocenters. The Hall–Kier alpha value is -3.61. The maximum atomic E-state index is 13.5. The number of para-hydroxylation sites is 2. The van der Waals surface area contributed by atoms with Gasteiger partial charge in [0.05, 0.1) is 49.2 Å². The van der Waals surface area contributed by atoms with Crippen molar-refractivity contribution in [2.24, 2.45) is 5.41 Å². The fourth-order valence-electron chi connectivity index (χ4n) is 4.56. The summed E-state index contributed by atoms with van der Waals surface area (Å²) in [6, 6.07) is 14.0. The van der Waals surface area contributed by atoms with E-state index >= 15 is 0 Å². The lowest BCUT2D eigenvalue weighted by molar-refractivity contribution is -0.386. The van der Waals surface area contributed by atoms with Crippen molar-refractivity contribution in [2.45, 2.75) is 25.5 Å². The quantitative estimate of drug-likeness (QED) is 0.211. The molecular weight excluding hydrogens is 522 g/mol. The maximum Gasteiger partial charge on any atom is 0.318 e. The third-order valence-corrected chi connectivity index (χ3v) is 8.71. The lowest BCUT2D eigenvalue weighted by Gasteiger charge is -2.36. The second-order valence-corrected chi connectivity index (χ2v) is 11.6. The summed E-state index contributed by atoms with van der Waals surface area (Å²) < 4.78 is 27.6. The normalized spacial score (nSPS) is 17.5. The predicted molar refractivity (Wildman–Crippen MR) is 148 cm³/mol. The van der Waals surface area contributed by atoms with Crippen LogP contribution in [0.2, 0.25) is 0 Å². The molecule has 1 saturated heterocycles. The van der Waals surface area contributed by atoms with Crippen molar-refractivity contribution in [3.8, 4) is 17.2 Å². The lowest BCUT2D eigenvalue weighted by Crippen LogP contribution is -2.49. The van der Waals surface area contributed by atoms with Crippen LogP contribution < -0.4 is 19.9 Å². The first kappa shape index (κ1) is 27.0. The Labute approximate surface area is 229 Å². The van der Waals surface area contributed by atoms with Crippen LogP contribution in [0.15, 0.2) is 59.5 Å². The molecule has 0 N–H and O–H groups in total. The number of nitrogens with zero attached hydrogens (tertiary/aromatic N) is 5. The van der Waals surface area contributed by atoms with Crippen molar-refractivity contribution in [1.82, 2.24) is 14.1 Å². The first-order valence-corrected chi connectivity index (χ1v) is 14.1. The van der Waals surface area contributed by atoms with Crippen LogP contribution in [0.25, 0.3) is 5.69 Å². The molecule has 1 aliphatic carbocycles. The zero-order chi connectivity index (χ0) is 27.6. The van der Waals surface area contributed by atoms with Crippen LogP contribution in [0.3, 0.4) is 0 Å². The van der Waals surface area contributed by atoms with E-state index in [9.17, 15) is 19.5 Å². The Balaban J connectivity index is 1.32. The van der Waals surface area contributed by atoms with Crippen molar-refractivity contribution in [2.75, 3.05) is 44.8 Å². The molecule has 0 radical (unpaired) electrons. The van der Waals surface area contributed by atoms with E-state index in [0.29, 0.717) is 49.7 Å². The van der Waals surface area contributed by atoms with Crippen molar-refractivity contribution in [3.63, 3.8) is 0 Å². The zero-order valence-corrected chi connectivity index (χ0v) is 22.8. The van der Waals surface area contributed by atoms with Gasteiger partial charge in [-0.1, -0.05) is 31.2 Å². The van der Waals surface area contributed by atoms with Gasteiger partial charge in [-0.15, -0.1) is 4.31 Å². The minimum absolute atomic E-state index is 0.00906. The van der Waals surface area contributed by atoms with Crippen LogP contribution in [0.1, 0.15) is 25.3 Å². The Bertz CT molecular complexity index is 1390. The summed E-state index contributed by atoms with van der Waals surface area (Å²) in [4.78, 5) is 26.6. The molecule has 5 rings (SSSR count). The third-order valence-electron chi connectivity index (χ3n) is 7.22. The summed E-state index contributed by atoms with van der Waals surface area (Å²) in [7, 11) is 1.37. The molecule has 39 heavy (non-hydrogen) atoms. The molecule has 3 aromatic rings. The molecule has 1 aromatic heterocycles. The van der Waals surface area contributed by atoms with E-state index < -0.39 is 16.3 Å². The van der Waals surface area contributed by atoms with E-state index in [4.69, 9.17) is 9.47 Å². The number of ether oxygens (including phenoxy) is 2. The Morgan fingerprint density at radius 2 is 1.79 bits per heavy atom. The Kier molecular flexibility index (Phi) is 7.78. The number of nitro groups is 1. The van der Waals surface area contributed by atoms with Crippen LogP contribution in [0.5, 0.6) is 11.5 Å². The molecule has 2 aromatic carbocycles. The molecule has 1 aliphatic heterocycles. The van der Waals surface area contributed by atoms with E-state index in [0.717, 1.165) is 12.8 Å². The van der Waals surface area contributed by atoms with Gasteiger partial charge in [0.15, 0.2) is 11.5 Å². The number of piperazine rings is 1. The van der Waals surface area contributed by atoms with Gasteiger partial charge in [-0.25, -0.2) is 0 Å². The van der Waals surface area contributed by atoms with Gasteiger partial charge in [0, 0.05) is 29.9 Å². The molecule has 0 spiro atoms. The van der Waals surface area contributed by atoms with Gasteiger partial charge in [-0.3, -0.25) is 14.9 Å². The van der Waals surface area contributed by atoms with Crippen LogP contribution in [-0.2, 0) is 17.1 Å². The van der Waals surface area contributed by atoms with Gasteiger partial charge in [0.25, 0.3) is 0 Å². The molecule has 2 fully saturated rings. The molecule has 1 saturated carbocycles. The standard InChI is InChI=1S/C27H31N5O6S/c1-27(11-12-27)19-38-25-22(17-28-31(26(25)33)21-8-4-3-5-9-21)29-13-15-30(16-14-29)39(36)18-20-7-6-10-23(37-2)24(20)32(34)35/h3-10,17H,11-16,18-19H2,1-2H3. The number of hydrogen-bond acceptors (Lipinski definition) is 9. The van der Waals surface area contributed by atoms with E-state index in [1.54, 1.807) is 22.6 Å². The van der Waals surface area contributed by atoms with Gasteiger partial charge < -0.3 is 18.9 Å². The fraction of sp³-hybridized carbons (Fsp3) is 0.407. The predicted octanol–water partition coefficient (Wildman–Crippen LogP) is 3.31. The van der Waals surface area contributed by atoms with Crippen LogP contribution >= 0.6 is 0 Å². The van der Waals surface area contributed by atoms with Crippen molar-refractivity contribution < 1.29 is 18.9 Å². The highest BCUT2D eigenvalue weighted by Crippen LogP contribution is 2.45. The highest BCUT2D eigenvalue weighted by atomic mass is 32.2. The number of aromatic nitrogens is 2.